The van der Waals surface area contributed by atoms with Crippen molar-refractivity contribution in [3.8, 4) is 11.5 Å². The second kappa shape index (κ2) is 4.19. The number of hydrogen-bond donors (Lipinski definition) is 2. The van der Waals surface area contributed by atoms with Gasteiger partial charge in [-0.2, -0.15) is 0 Å². The third-order valence-corrected chi connectivity index (χ3v) is 2.71. The molecule has 0 heterocycles. The normalized spacial score (nSPS) is 12.6. The molecule has 1 atom stereocenters. The monoisotopic (exact) mass is 260 g/mol. The molecule has 0 aliphatic carbocycles. The zero-order valence-electron chi connectivity index (χ0n) is 8.34. The summed E-state index contributed by atoms with van der Waals surface area (Å²) in [5, 5.41) is 19.1. The number of benzene rings is 1. The van der Waals surface area contributed by atoms with Gasteiger partial charge in [-0.1, -0.05) is 0 Å². The van der Waals surface area contributed by atoms with Crippen molar-refractivity contribution in [2.75, 3.05) is 7.11 Å². The van der Waals surface area contributed by atoms with Crippen LogP contribution in [0.15, 0.2) is 10.5 Å². The maximum Gasteiger partial charge on any atom is 0.139 e. The van der Waals surface area contributed by atoms with Crippen molar-refractivity contribution in [2.24, 2.45) is 0 Å². The van der Waals surface area contributed by atoms with Crippen LogP contribution in [-0.4, -0.2) is 17.3 Å². The Kier molecular flexibility index (Phi) is 3.39. The lowest BCUT2D eigenvalue weighted by molar-refractivity contribution is 0.194. The van der Waals surface area contributed by atoms with Crippen LogP contribution < -0.4 is 4.74 Å². The molecule has 1 aromatic carbocycles. The number of aliphatic hydroxyl groups is 1. The van der Waals surface area contributed by atoms with Crippen LogP contribution in [0.3, 0.4) is 0 Å². The third-order valence-electron chi connectivity index (χ3n) is 2.12. The third kappa shape index (κ3) is 1.86. The van der Waals surface area contributed by atoms with E-state index in [9.17, 15) is 10.2 Å². The molecule has 0 saturated heterocycles. The Morgan fingerprint density at radius 2 is 2.07 bits per heavy atom. The minimum Gasteiger partial charge on any atom is -0.507 e. The van der Waals surface area contributed by atoms with Gasteiger partial charge in [0.05, 0.1) is 17.7 Å². The number of aliphatic hydroxyl groups excluding tert-OH is 1. The lowest BCUT2D eigenvalue weighted by Gasteiger charge is -2.14. The van der Waals surface area contributed by atoms with Crippen molar-refractivity contribution >= 4 is 15.9 Å². The van der Waals surface area contributed by atoms with Crippen LogP contribution in [0.25, 0.3) is 0 Å². The van der Waals surface area contributed by atoms with Crippen LogP contribution in [0.2, 0.25) is 0 Å². The van der Waals surface area contributed by atoms with E-state index in [1.54, 1.807) is 19.9 Å². The molecule has 0 aliphatic rings. The molecule has 0 bridgehead atoms. The van der Waals surface area contributed by atoms with Crippen LogP contribution in [0.1, 0.15) is 24.2 Å². The Morgan fingerprint density at radius 1 is 1.50 bits per heavy atom. The van der Waals surface area contributed by atoms with E-state index in [-0.39, 0.29) is 5.75 Å². The zero-order chi connectivity index (χ0) is 10.9. The molecule has 3 nitrogen and oxygen atoms in total. The Balaban J connectivity index is 3.40. The maximum atomic E-state index is 9.74. The zero-order valence-corrected chi connectivity index (χ0v) is 9.92. The highest BCUT2D eigenvalue weighted by molar-refractivity contribution is 9.10. The lowest BCUT2D eigenvalue weighted by Crippen LogP contribution is -1.97. The summed E-state index contributed by atoms with van der Waals surface area (Å²) in [6.45, 7) is 3.35. The minimum atomic E-state index is -0.698. The molecular weight excluding hydrogens is 248 g/mol. The smallest absolute Gasteiger partial charge is 0.139 e. The first-order valence-electron chi connectivity index (χ1n) is 4.23. The highest BCUT2D eigenvalue weighted by atomic mass is 79.9. The van der Waals surface area contributed by atoms with Crippen molar-refractivity contribution in [3.05, 3.63) is 21.7 Å². The molecule has 1 unspecified atom stereocenters. The fraction of sp³-hybridized carbons (Fsp3) is 0.400. The molecule has 78 valence electrons. The van der Waals surface area contributed by atoms with Crippen molar-refractivity contribution in [2.45, 2.75) is 20.0 Å². The topological polar surface area (TPSA) is 49.7 Å². The van der Waals surface area contributed by atoms with Crippen LogP contribution in [0.5, 0.6) is 11.5 Å². The minimum absolute atomic E-state index is 0.0834. The van der Waals surface area contributed by atoms with Gasteiger partial charge in [0.25, 0.3) is 0 Å². The first-order chi connectivity index (χ1) is 6.49. The number of halogens is 1. The van der Waals surface area contributed by atoms with Crippen LogP contribution in [0.4, 0.5) is 0 Å². The second-order valence-corrected chi connectivity index (χ2v) is 3.98. The van der Waals surface area contributed by atoms with Gasteiger partial charge in [-0.3, -0.25) is 0 Å². The Morgan fingerprint density at radius 3 is 2.50 bits per heavy atom. The van der Waals surface area contributed by atoms with Gasteiger partial charge in [0, 0.05) is 11.1 Å². The quantitative estimate of drug-likeness (QED) is 0.860. The number of phenols is 1. The van der Waals surface area contributed by atoms with E-state index in [0.29, 0.717) is 16.9 Å². The Labute approximate surface area is 91.5 Å². The van der Waals surface area contributed by atoms with Gasteiger partial charge < -0.3 is 14.9 Å². The maximum absolute atomic E-state index is 9.74. The number of ether oxygens (including phenoxy) is 1. The molecule has 0 radical (unpaired) electrons. The van der Waals surface area contributed by atoms with E-state index in [0.717, 1.165) is 4.47 Å². The van der Waals surface area contributed by atoms with E-state index >= 15 is 0 Å². The molecule has 0 aromatic heterocycles. The number of methoxy groups -OCH3 is 1. The van der Waals surface area contributed by atoms with E-state index in [1.807, 2.05) is 0 Å². The first-order valence-corrected chi connectivity index (χ1v) is 5.02. The number of rotatable bonds is 2. The average Bonchev–Trinajstić information content (AvgIpc) is 2.12. The van der Waals surface area contributed by atoms with Gasteiger partial charge in [0.15, 0.2) is 0 Å². The second-order valence-electron chi connectivity index (χ2n) is 3.13. The molecule has 1 aromatic rings. The summed E-state index contributed by atoms with van der Waals surface area (Å²) in [6.07, 6.45) is -0.698. The molecule has 2 N–H and O–H groups in total. The molecule has 0 aliphatic heterocycles. The number of hydrogen-bond acceptors (Lipinski definition) is 3. The van der Waals surface area contributed by atoms with Crippen LogP contribution >= 0.6 is 15.9 Å². The van der Waals surface area contributed by atoms with Crippen molar-refractivity contribution < 1.29 is 14.9 Å². The van der Waals surface area contributed by atoms with E-state index in [2.05, 4.69) is 15.9 Å². The molecule has 1 rings (SSSR count). The number of aromatic hydroxyl groups is 1. The van der Waals surface area contributed by atoms with Gasteiger partial charge in [-0.05, 0) is 35.8 Å². The predicted octanol–water partition coefficient (Wildman–Crippen LogP) is 2.53. The molecule has 14 heavy (non-hydrogen) atoms. The summed E-state index contributed by atoms with van der Waals surface area (Å²) in [7, 11) is 1.54. The van der Waals surface area contributed by atoms with Crippen molar-refractivity contribution in [3.63, 3.8) is 0 Å². The summed E-state index contributed by atoms with van der Waals surface area (Å²) < 4.78 is 5.83. The molecular formula is C10H13BrO3. The molecule has 0 saturated carbocycles. The van der Waals surface area contributed by atoms with Gasteiger partial charge >= 0.3 is 0 Å². The van der Waals surface area contributed by atoms with Crippen molar-refractivity contribution in [1.82, 2.24) is 0 Å². The fourth-order valence-corrected chi connectivity index (χ4v) is 2.05. The van der Waals surface area contributed by atoms with Gasteiger partial charge in [-0.25, -0.2) is 0 Å². The first kappa shape index (κ1) is 11.3. The average molecular weight is 261 g/mol. The summed E-state index contributed by atoms with van der Waals surface area (Å²) in [5.74, 6) is 0.673. The molecule has 0 fully saturated rings. The molecule has 0 spiro atoms. The molecule has 4 heteroatoms. The fourth-order valence-electron chi connectivity index (χ4n) is 1.34. The standard InChI is InChI=1S/C10H13BrO3/c1-5-9(13)7(6(2)12)4-8(11)10(5)14-3/h4,6,12-13H,1-3H3. The van der Waals surface area contributed by atoms with Gasteiger partial charge in [-0.15, -0.1) is 0 Å². The summed E-state index contributed by atoms with van der Waals surface area (Å²) >= 11 is 3.31. The predicted molar refractivity (Wildman–Crippen MR) is 57.7 cm³/mol. The van der Waals surface area contributed by atoms with Gasteiger partial charge in [0.1, 0.15) is 11.5 Å². The van der Waals surface area contributed by atoms with E-state index in [4.69, 9.17) is 4.74 Å². The SMILES string of the molecule is COc1c(Br)cc(C(C)O)c(O)c1C. The van der Waals surface area contributed by atoms with Gasteiger partial charge in [0.2, 0.25) is 0 Å². The largest absolute Gasteiger partial charge is 0.507 e. The van der Waals surface area contributed by atoms with E-state index in [1.165, 1.54) is 7.11 Å². The summed E-state index contributed by atoms with van der Waals surface area (Å²) in [6, 6.07) is 1.66. The summed E-state index contributed by atoms with van der Waals surface area (Å²) in [4.78, 5) is 0. The van der Waals surface area contributed by atoms with Crippen LogP contribution in [-0.2, 0) is 0 Å². The molecule has 0 amide bonds. The Hall–Kier alpha value is -0.740. The van der Waals surface area contributed by atoms with Crippen LogP contribution in [0, 0.1) is 6.92 Å². The highest BCUT2D eigenvalue weighted by Gasteiger charge is 2.16. The lowest BCUT2D eigenvalue weighted by atomic mass is 10.0. The van der Waals surface area contributed by atoms with Crippen molar-refractivity contribution in [1.29, 1.82) is 0 Å². The van der Waals surface area contributed by atoms with E-state index < -0.39 is 6.10 Å². The highest BCUT2D eigenvalue weighted by Crippen LogP contribution is 2.39. The Bertz CT molecular complexity index is 348. The summed E-state index contributed by atoms with van der Waals surface area (Å²) in [5.41, 5.74) is 1.12. The number of phenolic OH excluding ortho intramolecular Hbond substituents is 1.